The molecule has 2 aromatic rings. The van der Waals surface area contributed by atoms with E-state index in [9.17, 15) is 4.79 Å². The van der Waals surface area contributed by atoms with Gasteiger partial charge in [0.1, 0.15) is 11.7 Å². The summed E-state index contributed by atoms with van der Waals surface area (Å²) in [5.74, 6) is 0.159. The second-order valence-electron chi connectivity index (χ2n) is 5.53. The molecule has 24 heavy (non-hydrogen) atoms. The smallest absolute Gasteiger partial charge is 0.313 e. The summed E-state index contributed by atoms with van der Waals surface area (Å²) in [6.07, 6.45) is 0. The van der Waals surface area contributed by atoms with Gasteiger partial charge in [0, 0.05) is 0 Å². The second kappa shape index (κ2) is 7.36. The summed E-state index contributed by atoms with van der Waals surface area (Å²) in [4.78, 5) is 18.2. The van der Waals surface area contributed by atoms with Gasteiger partial charge in [-0.2, -0.15) is 0 Å². The lowest BCUT2D eigenvalue weighted by molar-refractivity contribution is -0.148. The van der Waals surface area contributed by atoms with Crippen molar-refractivity contribution in [3.63, 3.8) is 0 Å². The van der Waals surface area contributed by atoms with E-state index < -0.39 is 0 Å². The third-order valence-corrected chi connectivity index (χ3v) is 4.08. The Kier molecular flexibility index (Phi) is 5.01. The zero-order valence-corrected chi connectivity index (χ0v) is 13.8. The normalized spacial score (nSPS) is 20.0. The molecule has 0 aromatic heterocycles. The highest BCUT2D eigenvalue weighted by Crippen LogP contribution is 2.39. The minimum absolute atomic E-state index is 0.239. The Labute approximate surface area is 141 Å². The number of para-hydroxylation sites is 1. The minimum Gasteiger partial charge on any atom is -0.497 e. The Morgan fingerprint density at radius 2 is 1.88 bits per heavy atom. The van der Waals surface area contributed by atoms with Crippen molar-refractivity contribution in [3.8, 4) is 5.75 Å². The average Bonchev–Trinajstić information content (AvgIpc) is 3.08. The fourth-order valence-electron chi connectivity index (χ4n) is 2.92. The number of hydroxylamine groups is 1. The van der Waals surface area contributed by atoms with Crippen LogP contribution in [0.1, 0.15) is 18.5 Å². The largest absolute Gasteiger partial charge is 0.497 e. The number of hydrogen-bond donors (Lipinski definition) is 0. The standard InChI is InChI=1S/C19H21NO4/c1-3-23-19(21)17-13-24-20(15-7-5-4-6-8-15)18(17)14-9-11-16(22-2)12-10-14/h4-12,17-18H,3,13H2,1-2H3. The van der Waals surface area contributed by atoms with Crippen LogP contribution >= 0.6 is 0 Å². The van der Waals surface area contributed by atoms with E-state index in [4.69, 9.17) is 14.3 Å². The van der Waals surface area contributed by atoms with E-state index in [1.54, 1.807) is 12.2 Å². The topological polar surface area (TPSA) is 48.0 Å². The predicted octanol–water partition coefficient (Wildman–Crippen LogP) is 3.37. The molecule has 2 unspecified atom stereocenters. The maximum atomic E-state index is 12.4. The molecule has 126 valence electrons. The van der Waals surface area contributed by atoms with Crippen LogP contribution in [0.2, 0.25) is 0 Å². The van der Waals surface area contributed by atoms with E-state index in [0.29, 0.717) is 13.2 Å². The molecular formula is C19H21NO4. The Morgan fingerprint density at radius 3 is 2.50 bits per heavy atom. The Morgan fingerprint density at radius 1 is 1.17 bits per heavy atom. The summed E-state index contributed by atoms with van der Waals surface area (Å²) in [5, 5.41) is 1.80. The molecule has 5 nitrogen and oxygen atoms in total. The van der Waals surface area contributed by atoms with Crippen molar-refractivity contribution in [2.45, 2.75) is 13.0 Å². The Bertz CT molecular complexity index is 672. The summed E-state index contributed by atoms with van der Waals surface area (Å²) in [5.41, 5.74) is 1.89. The van der Waals surface area contributed by atoms with Gasteiger partial charge in [-0.15, -0.1) is 0 Å². The third kappa shape index (κ3) is 3.21. The van der Waals surface area contributed by atoms with Crippen molar-refractivity contribution in [1.29, 1.82) is 0 Å². The molecule has 0 saturated carbocycles. The van der Waals surface area contributed by atoms with Crippen LogP contribution in [0.3, 0.4) is 0 Å². The lowest BCUT2D eigenvalue weighted by atomic mass is 9.94. The number of esters is 1. The van der Waals surface area contributed by atoms with Gasteiger partial charge in [0.2, 0.25) is 0 Å². The van der Waals surface area contributed by atoms with Crippen molar-refractivity contribution in [2.75, 3.05) is 25.4 Å². The quantitative estimate of drug-likeness (QED) is 0.788. The van der Waals surface area contributed by atoms with Crippen LogP contribution in [0.5, 0.6) is 5.75 Å². The Hall–Kier alpha value is -2.53. The zero-order chi connectivity index (χ0) is 16.9. The molecule has 1 saturated heterocycles. The maximum Gasteiger partial charge on any atom is 0.313 e. The molecular weight excluding hydrogens is 306 g/mol. The van der Waals surface area contributed by atoms with E-state index in [1.807, 2.05) is 61.5 Å². The molecule has 1 aliphatic rings. The number of carbonyl (C=O) groups excluding carboxylic acids is 1. The molecule has 2 atom stereocenters. The van der Waals surface area contributed by atoms with Gasteiger partial charge in [-0.05, 0) is 36.8 Å². The number of methoxy groups -OCH3 is 1. The van der Waals surface area contributed by atoms with Crippen LogP contribution in [-0.2, 0) is 14.4 Å². The molecule has 1 heterocycles. The van der Waals surface area contributed by atoms with E-state index in [0.717, 1.165) is 17.0 Å². The van der Waals surface area contributed by atoms with Gasteiger partial charge < -0.3 is 9.47 Å². The predicted molar refractivity (Wildman–Crippen MR) is 90.7 cm³/mol. The third-order valence-electron chi connectivity index (χ3n) is 4.08. The first kappa shape index (κ1) is 16.3. The van der Waals surface area contributed by atoms with Crippen LogP contribution in [0.4, 0.5) is 5.69 Å². The number of benzene rings is 2. The highest BCUT2D eigenvalue weighted by Gasteiger charge is 2.42. The van der Waals surface area contributed by atoms with E-state index in [-0.39, 0.29) is 17.9 Å². The zero-order valence-electron chi connectivity index (χ0n) is 13.8. The summed E-state index contributed by atoms with van der Waals surface area (Å²) in [6, 6.07) is 17.2. The monoisotopic (exact) mass is 327 g/mol. The molecule has 0 aliphatic carbocycles. The second-order valence-corrected chi connectivity index (χ2v) is 5.53. The van der Waals surface area contributed by atoms with Gasteiger partial charge in [-0.1, -0.05) is 30.3 Å². The molecule has 0 amide bonds. The van der Waals surface area contributed by atoms with Crippen LogP contribution in [0.25, 0.3) is 0 Å². The van der Waals surface area contributed by atoms with Crippen molar-refractivity contribution < 1.29 is 19.1 Å². The van der Waals surface area contributed by atoms with Gasteiger partial charge in [0.25, 0.3) is 0 Å². The number of anilines is 1. The summed E-state index contributed by atoms with van der Waals surface area (Å²) < 4.78 is 10.5. The van der Waals surface area contributed by atoms with Gasteiger partial charge in [0.15, 0.2) is 0 Å². The van der Waals surface area contributed by atoms with Crippen molar-refractivity contribution in [1.82, 2.24) is 0 Å². The molecule has 1 aliphatic heterocycles. The van der Waals surface area contributed by atoms with Crippen molar-refractivity contribution >= 4 is 11.7 Å². The fourth-order valence-corrected chi connectivity index (χ4v) is 2.92. The summed E-state index contributed by atoms with van der Waals surface area (Å²) in [6.45, 7) is 2.46. The minimum atomic E-state index is -0.376. The average molecular weight is 327 g/mol. The molecule has 0 spiro atoms. The molecule has 0 radical (unpaired) electrons. The summed E-state index contributed by atoms with van der Waals surface area (Å²) >= 11 is 0. The van der Waals surface area contributed by atoms with Gasteiger partial charge in [-0.3, -0.25) is 9.63 Å². The SMILES string of the molecule is CCOC(=O)C1CON(c2ccccc2)C1c1ccc(OC)cc1. The molecule has 3 rings (SSSR count). The molecule has 0 N–H and O–H groups in total. The number of nitrogens with zero attached hydrogens (tertiary/aromatic N) is 1. The lowest BCUT2D eigenvalue weighted by Crippen LogP contribution is -2.29. The van der Waals surface area contributed by atoms with Crippen molar-refractivity contribution in [2.24, 2.45) is 5.92 Å². The first-order valence-electron chi connectivity index (χ1n) is 8.02. The lowest BCUT2D eigenvalue weighted by Gasteiger charge is -2.27. The first-order valence-corrected chi connectivity index (χ1v) is 8.02. The Balaban J connectivity index is 1.95. The fraction of sp³-hybridized carbons (Fsp3) is 0.316. The molecule has 1 fully saturated rings. The summed E-state index contributed by atoms with van der Waals surface area (Å²) in [7, 11) is 1.63. The van der Waals surface area contributed by atoms with Crippen LogP contribution in [0.15, 0.2) is 54.6 Å². The molecule has 2 aromatic carbocycles. The van der Waals surface area contributed by atoms with Crippen LogP contribution in [0, 0.1) is 5.92 Å². The van der Waals surface area contributed by atoms with Gasteiger partial charge >= 0.3 is 5.97 Å². The van der Waals surface area contributed by atoms with Gasteiger partial charge in [-0.25, -0.2) is 5.06 Å². The van der Waals surface area contributed by atoms with E-state index in [1.165, 1.54) is 0 Å². The van der Waals surface area contributed by atoms with Crippen molar-refractivity contribution in [3.05, 3.63) is 60.2 Å². The molecule has 0 bridgehead atoms. The molecule has 5 heteroatoms. The van der Waals surface area contributed by atoms with Gasteiger partial charge in [0.05, 0.1) is 32.1 Å². The first-order chi connectivity index (χ1) is 11.7. The van der Waals surface area contributed by atoms with E-state index in [2.05, 4.69) is 0 Å². The van der Waals surface area contributed by atoms with Crippen LogP contribution < -0.4 is 9.80 Å². The number of ether oxygens (including phenoxy) is 2. The highest BCUT2D eigenvalue weighted by atomic mass is 16.7. The highest BCUT2D eigenvalue weighted by molar-refractivity contribution is 5.75. The maximum absolute atomic E-state index is 12.4. The van der Waals surface area contributed by atoms with Crippen LogP contribution in [-0.4, -0.2) is 26.3 Å². The number of rotatable bonds is 5. The van der Waals surface area contributed by atoms with E-state index >= 15 is 0 Å². The number of hydrogen-bond acceptors (Lipinski definition) is 5. The number of carbonyl (C=O) groups is 1.